The molecule has 0 saturated heterocycles. The van der Waals surface area contributed by atoms with Crippen molar-refractivity contribution in [2.24, 2.45) is 0 Å². The van der Waals surface area contributed by atoms with Crippen molar-refractivity contribution < 1.29 is 14.6 Å². The molecule has 0 aliphatic heterocycles. The van der Waals surface area contributed by atoms with Crippen LogP contribution in [0.4, 0.5) is 0 Å². The molecule has 4 nitrogen and oxygen atoms in total. The fourth-order valence-corrected chi connectivity index (χ4v) is 2.28. The third-order valence-electron chi connectivity index (χ3n) is 2.47. The van der Waals surface area contributed by atoms with E-state index >= 15 is 0 Å². The Kier molecular flexibility index (Phi) is 3.02. The lowest BCUT2D eigenvalue weighted by Crippen LogP contribution is -2.02. The van der Waals surface area contributed by atoms with Crippen molar-refractivity contribution in [1.29, 1.82) is 0 Å². The quantitative estimate of drug-likeness (QED) is 0.925. The van der Waals surface area contributed by atoms with Gasteiger partial charge in [0, 0.05) is 15.9 Å². The second-order valence-electron chi connectivity index (χ2n) is 3.63. The maximum atomic E-state index is 11.0. The summed E-state index contributed by atoms with van der Waals surface area (Å²) in [4.78, 5) is 15.1. The highest BCUT2D eigenvalue weighted by molar-refractivity contribution is 9.10. The molecule has 0 unspecified atom stereocenters. The summed E-state index contributed by atoms with van der Waals surface area (Å²) in [5.74, 6) is -0.552. The molecule has 0 aliphatic rings. The number of rotatable bonds is 2. The maximum Gasteiger partial charge on any atom is 0.354 e. The highest BCUT2D eigenvalue weighted by Gasteiger charge is 2.13. The second-order valence-corrected chi connectivity index (χ2v) is 4.55. The van der Waals surface area contributed by atoms with E-state index in [0.29, 0.717) is 11.3 Å². The summed E-state index contributed by atoms with van der Waals surface area (Å²) >= 11 is 3.39. The minimum absolute atomic E-state index is 0.0141. The summed E-state index contributed by atoms with van der Waals surface area (Å²) in [5, 5.41) is 9.78. The number of carboxylic acid groups (broad SMARTS) is 1. The zero-order valence-corrected chi connectivity index (χ0v) is 10.9. The minimum Gasteiger partial charge on any atom is -0.496 e. The first-order valence-corrected chi connectivity index (χ1v) is 5.70. The van der Waals surface area contributed by atoms with E-state index in [9.17, 15) is 4.79 Å². The average molecular weight is 296 g/mol. The SMILES string of the molecule is COc1cc(C(=O)O)nc2c(C)cc(Br)cc12. The second kappa shape index (κ2) is 4.33. The van der Waals surface area contributed by atoms with Gasteiger partial charge in [-0.15, -0.1) is 0 Å². The van der Waals surface area contributed by atoms with E-state index in [1.807, 2.05) is 19.1 Å². The van der Waals surface area contributed by atoms with E-state index in [2.05, 4.69) is 20.9 Å². The third kappa shape index (κ3) is 2.10. The Morgan fingerprint density at radius 3 is 2.71 bits per heavy atom. The van der Waals surface area contributed by atoms with Gasteiger partial charge in [-0.1, -0.05) is 15.9 Å². The van der Waals surface area contributed by atoms with Gasteiger partial charge in [0.25, 0.3) is 0 Å². The highest BCUT2D eigenvalue weighted by Crippen LogP contribution is 2.30. The Labute approximate surface area is 106 Å². The molecule has 2 rings (SSSR count). The summed E-state index contributed by atoms with van der Waals surface area (Å²) in [5.41, 5.74) is 1.53. The largest absolute Gasteiger partial charge is 0.496 e. The number of benzene rings is 1. The van der Waals surface area contributed by atoms with Crippen molar-refractivity contribution in [2.75, 3.05) is 7.11 Å². The first-order valence-electron chi connectivity index (χ1n) is 4.91. The van der Waals surface area contributed by atoms with E-state index in [4.69, 9.17) is 9.84 Å². The molecule has 0 amide bonds. The number of hydrogen-bond acceptors (Lipinski definition) is 3. The predicted octanol–water partition coefficient (Wildman–Crippen LogP) is 3.01. The van der Waals surface area contributed by atoms with E-state index in [1.54, 1.807) is 0 Å². The van der Waals surface area contributed by atoms with Crippen LogP contribution < -0.4 is 4.74 Å². The van der Waals surface area contributed by atoms with Crippen molar-refractivity contribution in [3.63, 3.8) is 0 Å². The van der Waals surface area contributed by atoms with Crippen LogP contribution in [0.5, 0.6) is 5.75 Å². The molecule has 5 heteroatoms. The number of ether oxygens (including phenoxy) is 1. The van der Waals surface area contributed by atoms with Crippen LogP contribution >= 0.6 is 15.9 Å². The molecule has 1 heterocycles. The molecule has 0 atom stereocenters. The molecule has 88 valence electrons. The van der Waals surface area contributed by atoms with Gasteiger partial charge in [-0.05, 0) is 24.6 Å². The topological polar surface area (TPSA) is 59.4 Å². The monoisotopic (exact) mass is 295 g/mol. The third-order valence-corrected chi connectivity index (χ3v) is 2.93. The molecule has 0 bridgehead atoms. The fourth-order valence-electron chi connectivity index (χ4n) is 1.70. The van der Waals surface area contributed by atoms with E-state index in [1.165, 1.54) is 13.2 Å². The molecule has 1 N–H and O–H groups in total. The molecule has 0 aliphatic carbocycles. The number of halogens is 1. The zero-order valence-electron chi connectivity index (χ0n) is 9.32. The number of carboxylic acids is 1. The standard InChI is InChI=1S/C12H10BrNO3/c1-6-3-7(13)4-8-10(17-2)5-9(12(15)16)14-11(6)8/h3-5H,1-2H3,(H,15,16). The molecule has 1 aromatic heterocycles. The van der Waals surface area contributed by atoms with Crippen molar-refractivity contribution in [1.82, 2.24) is 4.98 Å². The first-order chi connectivity index (χ1) is 8.02. The molecule has 0 saturated carbocycles. The van der Waals surface area contributed by atoms with E-state index in [-0.39, 0.29) is 5.69 Å². The molecular weight excluding hydrogens is 286 g/mol. The van der Waals surface area contributed by atoms with Gasteiger partial charge < -0.3 is 9.84 Å². The molecule has 1 aromatic carbocycles. The van der Waals surface area contributed by atoms with Gasteiger partial charge >= 0.3 is 5.97 Å². The summed E-state index contributed by atoms with van der Waals surface area (Å²) in [6.45, 7) is 1.88. The zero-order chi connectivity index (χ0) is 12.6. The van der Waals surface area contributed by atoms with Crippen LogP contribution in [-0.4, -0.2) is 23.2 Å². The lowest BCUT2D eigenvalue weighted by molar-refractivity contribution is 0.0690. The van der Waals surface area contributed by atoms with Crippen LogP contribution in [0, 0.1) is 6.92 Å². The smallest absolute Gasteiger partial charge is 0.354 e. The van der Waals surface area contributed by atoms with E-state index in [0.717, 1.165) is 15.4 Å². The van der Waals surface area contributed by atoms with Crippen LogP contribution in [-0.2, 0) is 0 Å². The molecule has 0 radical (unpaired) electrons. The number of carbonyl (C=O) groups is 1. The summed E-state index contributed by atoms with van der Waals surface area (Å²) in [6.07, 6.45) is 0. The van der Waals surface area contributed by atoms with Gasteiger partial charge in [0.15, 0.2) is 5.69 Å². The highest BCUT2D eigenvalue weighted by atomic mass is 79.9. The molecule has 0 fully saturated rings. The van der Waals surface area contributed by atoms with Crippen LogP contribution in [0.3, 0.4) is 0 Å². The number of aryl methyl sites for hydroxylation is 1. The van der Waals surface area contributed by atoms with Crippen LogP contribution in [0.2, 0.25) is 0 Å². The summed E-state index contributed by atoms with van der Waals surface area (Å²) in [7, 11) is 1.51. The Balaban J connectivity index is 2.87. The number of hydrogen-bond donors (Lipinski definition) is 1. The average Bonchev–Trinajstić information content (AvgIpc) is 2.27. The maximum absolute atomic E-state index is 11.0. The first kappa shape index (κ1) is 11.9. The molecular formula is C12H10BrNO3. The van der Waals surface area contributed by atoms with Crippen molar-refractivity contribution in [2.45, 2.75) is 6.92 Å². The number of pyridine rings is 1. The van der Waals surface area contributed by atoms with Crippen molar-refractivity contribution in [3.8, 4) is 5.75 Å². The Morgan fingerprint density at radius 1 is 1.41 bits per heavy atom. The van der Waals surface area contributed by atoms with Crippen molar-refractivity contribution in [3.05, 3.63) is 33.9 Å². The number of aromatic carboxylic acids is 1. The number of fused-ring (bicyclic) bond motifs is 1. The Bertz CT molecular complexity index is 610. The predicted molar refractivity (Wildman–Crippen MR) is 67.7 cm³/mol. The van der Waals surface area contributed by atoms with Gasteiger partial charge in [-0.2, -0.15) is 0 Å². The van der Waals surface area contributed by atoms with Gasteiger partial charge in [0.05, 0.1) is 12.6 Å². The molecule has 17 heavy (non-hydrogen) atoms. The minimum atomic E-state index is -1.06. The molecule has 0 spiro atoms. The van der Waals surface area contributed by atoms with Crippen LogP contribution in [0.25, 0.3) is 10.9 Å². The van der Waals surface area contributed by atoms with E-state index < -0.39 is 5.97 Å². The van der Waals surface area contributed by atoms with Gasteiger partial charge in [0.1, 0.15) is 5.75 Å². The number of aromatic nitrogens is 1. The fraction of sp³-hybridized carbons (Fsp3) is 0.167. The summed E-state index contributed by atoms with van der Waals surface area (Å²) in [6, 6.07) is 5.18. The Morgan fingerprint density at radius 2 is 2.12 bits per heavy atom. The lowest BCUT2D eigenvalue weighted by atomic mass is 10.1. The van der Waals surface area contributed by atoms with Gasteiger partial charge in [-0.25, -0.2) is 9.78 Å². The number of methoxy groups -OCH3 is 1. The number of nitrogens with zero attached hydrogens (tertiary/aromatic N) is 1. The summed E-state index contributed by atoms with van der Waals surface area (Å²) < 4.78 is 6.11. The van der Waals surface area contributed by atoms with Crippen LogP contribution in [0.15, 0.2) is 22.7 Å². The molecule has 2 aromatic rings. The van der Waals surface area contributed by atoms with Gasteiger partial charge in [0.2, 0.25) is 0 Å². The normalized spacial score (nSPS) is 10.5. The van der Waals surface area contributed by atoms with Crippen LogP contribution in [0.1, 0.15) is 16.1 Å². The Hall–Kier alpha value is -1.62. The van der Waals surface area contributed by atoms with Gasteiger partial charge in [-0.3, -0.25) is 0 Å². The lowest BCUT2D eigenvalue weighted by Gasteiger charge is -2.09. The van der Waals surface area contributed by atoms with Crippen molar-refractivity contribution >= 4 is 32.8 Å².